The second kappa shape index (κ2) is 56.2. The summed E-state index contributed by atoms with van der Waals surface area (Å²) in [5.74, 6) is -0.221. The van der Waals surface area contributed by atoms with Gasteiger partial charge in [0.15, 0.2) is 6.29 Å². The summed E-state index contributed by atoms with van der Waals surface area (Å²) in [5.41, 5.74) is 0. The number of nitrogens with one attached hydrogen (secondary N) is 1. The highest BCUT2D eigenvalue weighted by Crippen LogP contribution is 2.27. The van der Waals surface area contributed by atoms with Gasteiger partial charge in [0.25, 0.3) is 0 Å². The van der Waals surface area contributed by atoms with Crippen LogP contribution in [-0.4, -0.2) is 95.4 Å². The number of unbranched alkanes of at least 4 members (excludes halogenated alkanes) is 50. The van der Waals surface area contributed by atoms with Gasteiger partial charge in [-0.1, -0.05) is 341 Å². The Kier molecular flexibility index (Phi) is 54.2. The zero-order chi connectivity index (χ0) is 57.5. The molecule has 79 heavy (non-hydrogen) atoms. The Morgan fingerprint density at radius 2 is 0.734 bits per heavy atom. The third kappa shape index (κ3) is 48.1. The molecule has 13 heteroatoms. The van der Waals surface area contributed by atoms with Crippen molar-refractivity contribution in [3.05, 3.63) is 0 Å². The Bertz CT molecular complexity index is 1390. The molecule has 1 amide bonds. The van der Waals surface area contributed by atoms with E-state index >= 15 is 0 Å². The van der Waals surface area contributed by atoms with Crippen LogP contribution >= 0.6 is 0 Å². The van der Waals surface area contributed by atoms with Crippen molar-refractivity contribution in [2.75, 3.05) is 13.2 Å². The fraction of sp³-hybridized carbons (Fsp3) is 0.985. The fourth-order valence-electron chi connectivity index (χ4n) is 11.6. The topological polar surface area (TPSA) is 192 Å². The lowest BCUT2D eigenvalue weighted by molar-refractivity contribution is -0.298. The summed E-state index contributed by atoms with van der Waals surface area (Å²) in [7, 11) is -5.08. The maximum Gasteiger partial charge on any atom is 0.397 e. The van der Waals surface area contributed by atoms with Crippen LogP contribution in [0.5, 0.6) is 0 Å². The van der Waals surface area contributed by atoms with E-state index in [1.165, 1.54) is 283 Å². The van der Waals surface area contributed by atoms with Gasteiger partial charge in [0.05, 0.1) is 25.4 Å². The van der Waals surface area contributed by atoms with Crippen LogP contribution in [0.3, 0.4) is 0 Å². The van der Waals surface area contributed by atoms with Gasteiger partial charge in [0, 0.05) is 6.42 Å². The van der Waals surface area contributed by atoms with E-state index in [2.05, 4.69) is 23.3 Å². The van der Waals surface area contributed by atoms with Crippen molar-refractivity contribution in [1.29, 1.82) is 0 Å². The summed E-state index contributed by atoms with van der Waals surface area (Å²) in [5, 5.41) is 45.1. The van der Waals surface area contributed by atoms with E-state index in [0.29, 0.717) is 12.8 Å². The normalized spacial score (nSPS) is 18.6. The van der Waals surface area contributed by atoms with E-state index in [1.54, 1.807) is 0 Å². The molecule has 0 spiro atoms. The standard InChI is InChI=1S/C66H131NO11S/c1-3-5-7-9-11-13-15-17-18-19-20-21-22-23-24-25-26-27-28-29-30-31-32-33-34-35-36-37-38-39-40-41-42-44-46-48-50-52-54-56-62(70)67-59(60(69)55-53-51-49-47-45-43-16-14-12-10-8-6-4-2)58-76-66-64(72)65(78-79(73,74)75)63(71)61(57-68)77-66/h59-61,63-66,68-69,71-72H,3-58H2,1-2H3,(H,67,70)(H,73,74,75). The zero-order valence-electron chi connectivity index (χ0n) is 51.7. The molecule has 1 aliphatic heterocycles. The van der Waals surface area contributed by atoms with Crippen molar-refractivity contribution in [2.45, 2.75) is 403 Å². The number of aliphatic hydroxyl groups excluding tert-OH is 4. The zero-order valence-corrected chi connectivity index (χ0v) is 52.5. The summed E-state index contributed by atoms with van der Waals surface area (Å²) in [4.78, 5) is 13.2. The first-order chi connectivity index (χ1) is 38.5. The third-order valence-electron chi connectivity index (χ3n) is 16.9. The molecule has 0 aromatic heterocycles. The molecule has 7 unspecified atom stereocenters. The second-order valence-electron chi connectivity index (χ2n) is 24.5. The van der Waals surface area contributed by atoms with Crippen molar-refractivity contribution in [3.63, 3.8) is 0 Å². The summed E-state index contributed by atoms with van der Waals surface area (Å²) in [6, 6.07) is -0.853. The quantitative estimate of drug-likeness (QED) is 0.0251. The van der Waals surface area contributed by atoms with E-state index in [0.717, 1.165) is 51.4 Å². The molecule has 7 atom stereocenters. The van der Waals surface area contributed by atoms with Gasteiger partial charge in [-0.2, -0.15) is 8.42 Å². The molecule has 12 nitrogen and oxygen atoms in total. The molecule has 0 aromatic rings. The molecule has 472 valence electrons. The van der Waals surface area contributed by atoms with Crippen LogP contribution < -0.4 is 5.32 Å². The second-order valence-corrected chi connectivity index (χ2v) is 25.5. The molecule has 1 fully saturated rings. The molecular formula is C66H131NO11S. The van der Waals surface area contributed by atoms with E-state index in [1.807, 2.05) is 0 Å². The van der Waals surface area contributed by atoms with E-state index < -0.39 is 59.9 Å². The lowest BCUT2D eigenvalue weighted by Gasteiger charge is -2.41. The average molecular weight is 1150 g/mol. The predicted octanol–water partition coefficient (Wildman–Crippen LogP) is 17.6. The van der Waals surface area contributed by atoms with Crippen LogP contribution in [0.25, 0.3) is 0 Å². The summed E-state index contributed by atoms with van der Waals surface area (Å²) in [6.45, 7) is 3.50. The van der Waals surface area contributed by atoms with Crippen LogP contribution in [0, 0.1) is 0 Å². The fourth-order valence-corrected chi connectivity index (χ4v) is 12.2. The first-order valence-electron chi connectivity index (χ1n) is 34.4. The molecule has 0 bridgehead atoms. The van der Waals surface area contributed by atoms with Gasteiger partial charge in [-0.15, -0.1) is 0 Å². The molecular weight excluding hydrogens is 1010 g/mol. The monoisotopic (exact) mass is 1150 g/mol. The Labute approximate surface area is 488 Å². The number of amides is 1. The maximum atomic E-state index is 13.2. The predicted molar refractivity (Wildman–Crippen MR) is 329 cm³/mol. The lowest BCUT2D eigenvalue weighted by Crippen LogP contribution is -2.61. The van der Waals surface area contributed by atoms with Crippen molar-refractivity contribution >= 4 is 16.3 Å². The van der Waals surface area contributed by atoms with E-state index in [4.69, 9.17) is 9.47 Å². The highest BCUT2D eigenvalue weighted by Gasteiger charge is 2.48. The van der Waals surface area contributed by atoms with Crippen molar-refractivity contribution < 1.29 is 51.8 Å². The number of carbonyl (C=O) groups excluding carboxylic acids is 1. The van der Waals surface area contributed by atoms with Gasteiger partial charge >= 0.3 is 10.4 Å². The molecule has 6 N–H and O–H groups in total. The maximum absolute atomic E-state index is 13.2. The molecule has 0 saturated carbocycles. The molecule has 1 saturated heterocycles. The van der Waals surface area contributed by atoms with Gasteiger partial charge in [0.1, 0.15) is 24.4 Å². The van der Waals surface area contributed by atoms with Gasteiger partial charge in [-0.25, -0.2) is 4.18 Å². The summed E-state index contributed by atoms with van der Waals surface area (Å²) >= 11 is 0. The van der Waals surface area contributed by atoms with Crippen molar-refractivity contribution in [2.24, 2.45) is 0 Å². The van der Waals surface area contributed by atoms with Crippen LogP contribution in [0.4, 0.5) is 0 Å². The molecule has 0 radical (unpaired) electrons. The lowest BCUT2D eigenvalue weighted by atomic mass is 9.99. The molecule has 0 aromatic carbocycles. The first kappa shape index (κ1) is 76.1. The number of hydrogen-bond acceptors (Lipinski definition) is 10. The molecule has 1 rings (SSSR count). The minimum atomic E-state index is -5.08. The largest absolute Gasteiger partial charge is 0.397 e. The average Bonchev–Trinajstić information content (AvgIpc) is 3.43. The van der Waals surface area contributed by atoms with Gasteiger partial charge in [-0.3, -0.25) is 9.35 Å². The number of hydrogen-bond donors (Lipinski definition) is 6. The van der Waals surface area contributed by atoms with Crippen LogP contribution in [-0.2, 0) is 28.9 Å². The van der Waals surface area contributed by atoms with Gasteiger partial charge in [-0.05, 0) is 12.8 Å². The Balaban J connectivity index is 2.09. The van der Waals surface area contributed by atoms with Gasteiger partial charge < -0.3 is 35.2 Å². The highest BCUT2D eigenvalue weighted by molar-refractivity contribution is 7.80. The molecule has 1 aliphatic rings. The number of ether oxygens (including phenoxy) is 2. The minimum absolute atomic E-state index is 0.221. The number of aliphatic hydroxyl groups is 4. The first-order valence-corrected chi connectivity index (χ1v) is 35.8. The van der Waals surface area contributed by atoms with Crippen LogP contribution in [0.2, 0.25) is 0 Å². The van der Waals surface area contributed by atoms with Crippen molar-refractivity contribution in [3.8, 4) is 0 Å². The van der Waals surface area contributed by atoms with Gasteiger partial charge in [0.2, 0.25) is 5.91 Å². The Morgan fingerprint density at radius 3 is 1.01 bits per heavy atom. The van der Waals surface area contributed by atoms with Crippen molar-refractivity contribution in [1.82, 2.24) is 5.32 Å². The smallest absolute Gasteiger partial charge is 0.394 e. The molecule has 1 heterocycles. The Morgan fingerprint density at radius 1 is 0.456 bits per heavy atom. The highest BCUT2D eigenvalue weighted by atomic mass is 32.3. The van der Waals surface area contributed by atoms with Crippen LogP contribution in [0.15, 0.2) is 0 Å². The van der Waals surface area contributed by atoms with Crippen LogP contribution in [0.1, 0.15) is 361 Å². The van der Waals surface area contributed by atoms with E-state index in [9.17, 15) is 38.2 Å². The van der Waals surface area contributed by atoms with E-state index in [-0.39, 0.29) is 12.5 Å². The Hall–Kier alpha value is -0.900. The minimum Gasteiger partial charge on any atom is -0.394 e. The third-order valence-corrected chi connectivity index (χ3v) is 17.4. The number of carbonyl (C=O) groups is 1. The summed E-state index contributed by atoms with van der Waals surface area (Å²) < 4.78 is 47.9. The SMILES string of the molecule is CCCCCCCCCCCCCCCCCCCCCCCCCCCCCCCCCCCCCCCCCC(=O)NC(COC1OC(CO)C(O)C(OS(=O)(=O)O)C1O)C(O)CCCCCCCCCCCCCCC. The number of rotatable bonds is 62. The summed E-state index contributed by atoms with van der Waals surface area (Å²) in [6.07, 6.45) is 60.3. The molecule has 0 aliphatic carbocycles.